The van der Waals surface area contributed by atoms with Crippen LogP contribution in [0.4, 0.5) is 11.4 Å². The highest BCUT2D eigenvalue weighted by atomic mass is 16.6. The van der Waals surface area contributed by atoms with Gasteiger partial charge in [0.1, 0.15) is 17.8 Å². The number of benzene rings is 1. The summed E-state index contributed by atoms with van der Waals surface area (Å²) >= 11 is 0. The molecule has 1 aliphatic rings. The largest absolute Gasteiger partial charge is 0.365 e. The summed E-state index contributed by atoms with van der Waals surface area (Å²) in [6.45, 7) is 5.65. The number of hydrogen-bond acceptors (Lipinski definition) is 6. The van der Waals surface area contributed by atoms with E-state index >= 15 is 0 Å². The third-order valence-corrected chi connectivity index (χ3v) is 4.69. The van der Waals surface area contributed by atoms with Crippen molar-refractivity contribution in [1.82, 2.24) is 14.8 Å². The normalized spacial score (nSPS) is 17.5. The van der Waals surface area contributed by atoms with E-state index in [1.54, 1.807) is 18.5 Å². The minimum Gasteiger partial charge on any atom is -0.365 e. The molecule has 1 atom stereocenters. The maximum Gasteiger partial charge on any atom is 0.293 e. The zero-order chi connectivity index (χ0) is 18.0. The minimum atomic E-state index is -0.417. The number of nitrogens with zero attached hydrogens (tertiary/aromatic N) is 5. The Balaban J connectivity index is 1.91. The molecule has 0 saturated carbocycles. The lowest BCUT2D eigenvalue weighted by molar-refractivity contribution is -0.384. The number of carbonyl (C=O) groups is 1. The number of rotatable bonds is 5. The second-order valence-electron chi connectivity index (χ2n) is 6.28. The van der Waals surface area contributed by atoms with Gasteiger partial charge in [-0.05, 0) is 38.8 Å². The Kier molecular flexibility index (Phi) is 4.78. The summed E-state index contributed by atoms with van der Waals surface area (Å²) in [4.78, 5) is 24.6. The number of carbonyl (C=O) groups excluding carboxylic acids is 1. The Labute approximate surface area is 145 Å². The predicted molar refractivity (Wildman–Crippen MR) is 93.0 cm³/mol. The molecular formula is C17H21N5O3. The van der Waals surface area contributed by atoms with Crippen molar-refractivity contribution in [1.29, 1.82) is 0 Å². The number of hydrogen-bond donors (Lipinski definition) is 0. The molecule has 132 valence electrons. The highest BCUT2D eigenvalue weighted by Crippen LogP contribution is 2.34. The number of nitro benzene ring substituents is 1. The molecule has 25 heavy (non-hydrogen) atoms. The van der Waals surface area contributed by atoms with Crippen molar-refractivity contribution in [3.63, 3.8) is 0 Å². The Morgan fingerprint density at radius 1 is 1.44 bits per heavy atom. The SMILES string of the molecule is CCn1cnnc1C1CCCN(c2ccc(C(C)=O)cc2[N+](=O)[O-])C1. The lowest BCUT2D eigenvalue weighted by atomic mass is 9.96. The lowest BCUT2D eigenvalue weighted by Gasteiger charge is -2.33. The molecule has 0 aliphatic carbocycles. The lowest BCUT2D eigenvalue weighted by Crippen LogP contribution is -2.35. The minimum absolute atomic E-state index is 0.0229. The maximum atomic E-state index is 11.5. The van der Waals surface area contributed by atoms with Gasteiger partial charge in [0.25, 0.3) is 5.69 Å². The fourth-order valence-electron chi connectivity index (χ4n) is 3.39. The summed E-state index contributed by atoms with van der Waals surface area (Å²) < 4.78 is 2.02. The smallest absolute Gasteiger partial charge is 0.293 e. The molecule has 8 heteroatoms. The zero-order valence-corrected chi connectivity index (χ0v) is 14.4. The molecule has 0 spiro atoms. The van der Waals surface area contributed by atoms with E-state index in [9.17, 15) is 14.9 Å². The summed E-state index contributed by atoms with van der Waals surface area (Å²) in [5.41, 5.74) is 0.891. The summed E-state index contributed by atoms with van der Waals surface area (Å²) in [5, 5.41) is 19.7. The number of ketones is 1. The van der Waals surface area contributed by atoms with Crippen LogP contribution in [-0.4, -0.2) is 38.6 Å². The van der Waals surface area contributed by atoms with Crippen molar-refractivity contribution in [3.05, 3.63) is 46.0 Å². The summed E-state index contributed by atoms with van der Waals surface area (Å²) in [6, 6.07) is 4.71. The molecule has 2 aromatic rings. The number of anilines is 1. The molecule has 1 saturated heterocycles. The zero-order valence-electron chi connectivity index (χ0n) is 14.4. The summed E-state index contributed by atoms with van der Waals surface area (Å²) in [6.07, 6.45) is 3.62. The van der Waals surface area contributed by atoms with Crippen LogP contribution in [0.25, 0.3) is 0 Å². The van der Waals surface area contributed by atoms with Gasteiger partial charge in [-0.15, -0.1) is 10.2 Å². The van der Waals surface area contributed by atoms with Crippen LogP contribution in [-0.2, 0) is 6.54 Å². The van der Waals surface area contributed by atoms with Gasteiger partial charge in [-0.25, -0.2) is 0 Å². The molecule has 1 aromatic heterocycles. The van der Waals surface area contributed by atoms with E-state index in [-0.39, 0.29) is 17.4 Å². The quantitative estimate of drug-likeness (QED) is 0.471. The Bertz CT molecular complexity index is 801. The molecule has 8 nitrogen and oxygen atoms in total. The van der Waals surface area contributed by atoms with Crippen molar-refractivity contribution in [3.8, 4) is 0 Å². The van der Waals surface area contributed by atoms with Crippen molar-refractivity contribution in [2.45, 2.75) is 39.2 Å². The van der Waals surface area contributed by atoms with Crippen LogP contribution in [0.15, 0.2) is 24.5 Å². The fraction of sp³-hybridized carbons (Fsp3) is 0.471. The molecule has 0 N–H and O–H groups in total. The van der Waals surface area contributed by atoms with E-state index in [1.165, 1.54) is 13.0 Å². The van der Waals surface area contributed by atoms with Gasteiger partial charge in [0.2, 0.25) is 0 Å². The van der Waals surface area contributed by atoms with E-state index in [2.05, 4.69) is 10.2 Å². The standard InChI is InChI=1S/C17H21N5O3/c1-3-20-11-18-19-17(20)14-5-4-8-21(10-14)15-7-6-13(12(2)23)9-16(15)22(24)25/h6-7,9,11,14H,3-5,8,10H2,1-2H3. The predicted octanol–water partition coefficient (Wildman–Crippen LogP) is 2.79. The van der Waals surface area contributed by atoms with Crippen LogP contribution in [0.3, 0.4) is 0 Å². The number of nitro groups is 1. The third-order valence-electron chi connectivity index (χ3n) is 4.69. The van der Waals surface area contributed by atoms with Gasteiger partial charge in [0.15, 0.2) is 5.78 Å². The van der Waals surface area contributed by atoms with Gasteiger partial charge in [0.05, 0.1) is 4.92 Å². The van der Waals surface area contributed by atoms with Crippen LogP contribution >= 0.6 is 0 Å². The molecule has 0 radical (unpaired) electrons. The first-order valence-electron chi connectivity index (χ1n) is 8.43. The van der Waals surface area contributed by atoms with E-state index in [0.717, 1.165) is 31.8 Å². The molecule has 1 aromatic carbocycles. The van der Waals surface area contributed by atoms with Crippen LogP contribution in [0, 0.1) is 10.1 Å². The van der Waals surface area contributed by atoms with Crippen LogP contribution in [0.5, 0.6) is 0 Å². The van der Waals surface area contributed by atoms with Crippen LogP contribution in [0.1, 0.15) is 48.8 Å². The molecule has 1 fully saturated rings. The van der Waals surface area contributed by atoms with Gasteiger partial charge in [-0.3, -0.25) is 14.9 Å². The molecule has 0 bridgehead atoms. The second kappa shape index (κ2) is 7.00. The monoisotopic (exact) mass is 343 g/mol. The highest BCUT2D eigenvalue weighted by molar-refractivity contribution is 5.95. The van der Waals surface area contributed by atoms with Crippen molar-refractivity contribution >= 4 is 17.2 Å². The molecule has 0 amide bonds. The van der Waals surface area contributed by atoms with Gasteiger partial charge >= 0.3 is 0 Å². The summed E-state index contributed by atoms with van der Waals surface area (Å²) in [7, 11) is 0. The number of Topliss-reactive ketones (excluding diaryl/α,β-unsaturated/α-hetero) is 1. The second-order valence-corrected chi connectivity index (χ2v) is 6.28. The molecule has 3 rings (SSSR count). The Hall–Kier alpha value is -2.77. The first-order chi connectivity index (χ1) is 12.0. The molecular weight excluding hydrogens is 322 g/mol. The van der Waals surface area contributed by atoms with Gasteiger partial charge < -0.3 is 9.47 Å². The van der Waals surface area contributed by atoms with E-state index in [1.807, 2.05) is 16.4 Å². The Morgan fingerprint density at radius 3 is 2.92 bits per heavy atom. The summed E-state index contributed by atoms with van der Waals surface area (Å²) in [5.74, 6) is 0.931. The molecule has 2 heterocycles. The van der Waals surface area contributed by atoms with Gasteiger partial charge in [0, 0.05) is 37.2 Å². The highest BCUT2D eigenvalue weighted by Gasteiger charge is 2.29. The van der Waals surface area contributed by atoms with Gasteiger partial charge in [-0.2, -0.15) is 0 Å². The fourth-order valence-corrected chi connectivity index (χ4v) is 3.39. The topological polar surface area (TPSA) is 94.2 Å². The number of piperidine rings is 1. The molecule has 1 unspecified atom stereocenters. The van der Waals surface area contributed by atoms with E-state index < -0.39 is 4.92 Å². The maximum absolute atomic E-state index is 11.5. The van der Waals surface area contributed by atoms with E-state index in [0.29, 0.717) is 17.8 Å². The number of aryl methyl sites for hydroxylation is 1. The average molecular weight is 343 g/mol. The van der Waals surface area contributed by atoms with Crippen molar-refractivity contribution in [2.24, 2.45) is 0 Å². The van der Waals surface area contributed by atoms with Crippen molar-refractivity contribution < 1.29 is 9.72 Å². The van der Waals surface area contributed by atoms with Crippen molar-refractivity contribution in [2.75, 3.05) is 18.0 Å². The van der Waals surface area contributed by atoms with Gasteiger partial charge in [-0.1, -0.05) is 0 Å². The third kappa shape index (κ3) is 3.38. The van der Waals surface area contributed by atoms with E-state index in [4.69, 9.17) is 0 Å². The van der Waals surface area contributed by atoms with Crippen LogP contribution in [0.2, 0.25) is 0 Å². The first kappa shape index (κ1) is 17.1. The van der Waals surface area contributed by atoms with Crippen LogP contribution < -0.4 is 4.90 Å². The molecule has 1 aliphatic heterocycles. The average Bonchev–Trinajstić information content (AvgIpc) is 3.10. The Morgan fingerprint density at radius 2 is 2.24 bits per heavy atom. The number of aromatic nitrogens is 3. The first-order valence-corrected chi connectivity index (χ1v) is 8.43.